The Bertz CT molecular complexity index is 1000. The number of fused-ring (bicyclic) bond motifs is 2. The van der Waals surface area contributed by atoms with E-state index in [9.17, 15) is 9.59 Å². The van der Waals surface area contributed by atoms with Crippen LogP contribution in [0.1, 0.15) is 30.1 Å². The first-order valence-corrected chi connectivity index (χ1v) is 8.38. The van der Waals surface area contributed by atoms with Gasteiger partial charge in [-0.15, -0.1) is 0 Å². The topological polar surface area (TPSA) is 81.8 Å². The van der Waals surface area contributed by atoms with Crippen molar-refractivity contribution in [3.05, 3.63) is 58.4 Å². The lowest BCUT2D eigenvalue weighted by Gasteiger charge is -2.24. The van der Waals surface area contributed by atoms with E-state index in [4.69, 9.17) is 0 Å². The van der Waals surface area contributed by atoms with Crippen LogP contribution in [0.25, 0.3) is 10.9 Å². The molecule has 1 aromatic carbocycles. The quantitative estimate of drug-likeness (QED) is 0.781. The van der Waals surface area contributed by atoms with Gasteiger partial charge in [-0.1, -0.05) is 12.1 Å². The van der Waals surface area contributed by atoms with Crippen LogP contribution in [0.2, 0.25) is 0 Å². The summed E-state index contributed by atoms with van der Waals surface area (Å²) in [4.78, 5) is 29.2. The van der Waals surface area contributed by atoms with Crippen molar-refractivity contribution in [2.75, 3.05) is 0 Å². The Balaban J connectivity index is 1.54. The number of benzene rings is 1. The van der Waals surface area contributed by atoms with E-state index in [0.717, 1.165) is 24.8 Å². The van der Waals surface area contributed by atoms with Crippen molar-refractivity contribution in [1.29, 1.82) is 0 Å². The highest BCUT2D eigenvalue weighted by Crippen LogP contribution is 2.28. The summed E-state index contributed by atoms with van der Waals surface area (Å²) in [6.07, 6.45) is 6.13. The Hall–Kier alpha value is -2.96. The van der Waals surface area contributed by atoms with Crippen molar-refractivity contribution in [1.82, 2.24) is 24.6 Å². The van der Waals surface area contributed by atoms with Crippen LogP contribution >= 0.6 is 0 Å². The second-order valence-electron chi connectivity index (χ2n) is 6.38. The minimum Gasteiger partial charge on any atom is -0.348 e. The summed E-state index contributed by atoms with van der Waals surface area (Å²) in [6.45, 7) is -0.0389. The van der Waals surface area contributed by atoms with Crippen molar-refractivity contribution in [2.24, 2.45) is 7.05 Å². The van der Waals surface area contributed by atoms with Crippen LogP contribution in [-0.4, -0.2) is 25.2 Å². The molecule has 1 aliphatic rings. The van der Waals surface area contributed by atoms with E-state index in [1.165, 1.54) is 16.6 Å². The third kappa shape index (κ3) is 2.82. The summed E-state index contributed by atoms with van der Waals surface area (Å²) in [5.74, 6) is -0.194. The zero-order valence-corrected chi connectivity index (χ0v) is 14.0. The molecule has 0 spiro atoms. The normalized spacial score (nSPS) is 16.6. The number of hydrogen-bond donors (Lipinski definition) is 1. The monoisotopic (exact) mass is 337 g/mol. The summed E-state index contributed by atoms with van der Waals surface area (Å²) in [6, 6.07) is 7.09. The summed E-state index contributed by atoms with van der Waals surface area (Å²) in [5, 5.41) is 7.84. The van der Waals surface area contributed by atoms with Gasteiger partial charge >= 0.3 is 0 Å². The largest absolute Gasteiger partial charge is 0.348 e. The SMILES string of the molecule is Cn1ncc2c1CCCC2NC(=O)Cn1cnc2ccccc2c1=O. The van der Waals surface area contributed by atoms with Gasteiger partial charge in [0.05, 0.1) is 29.5 Å². The zero-order chi connectivity index (χ0) is 17.4. The minimum absolute atomic E-state index is 0.0389. The van der Waals surface area contributed by atoms with Gasteiger partial charge < -0.3 is 5.32 Å². The predicted octanol–water partition coefficient (Wildman–Crippen LogP) is 1.32. The van der Waals surface area contributed by atoms with E-state index in [-0.39, 0.29) is 24.1 Å². The van der Waals surface area contributed by atoms with Gasteiger partial charge in [0, 0.05) is 18.3 Å². The fourth-order valence-corrected chi connectivity index (χ4v) is 3.47. The smallest absolute Gasteiger partial charge is 0.261 e. The number of nitrogens with one attached hydrogen (secondary N) is 1. The highest BCUT2D eigenvalue weighted by atomic mass is 16.2. The molecule has 0 radical (unpaired) electrons. The lowest BCUT2D eigenvalue weighted by atomic mass is 9.93. The molecule has 7 nitrogen and oxygen atoms in total. The highest BCUT2D eigenvalue weighted by molar-refractivity contribution is 5.79. The van der Waals surface area contributed by atoms with E-state index in [0.29, 0.717) is 10.9 Å². The molecule has 0 bridgehead atoms. The molecule has 7 heteroatoms. The van der Waals surface area contributed by atoms with E-state index in [1.807, 2.05) is 24.0 Å². The third-order valence-electron chi connectivity index (χ3n) is 4.76. The molecule has 25 heavy (non-hydrogen) atoms. The average molecular weight is 337 g/mol. The Morgan fingerprint density at radius 1 is 1.36 bits per heavy atom. The molecule has 1 N–H and O–H groups in total. The molecule has 1 unspecified atom stereocenters. The van der Waals surface area contributed by atoms with Gasteiger partial charge in [0.25, 0.3) is 5.56 Å². The third-order valence-corrected chi connectivity index (χ3v) is 4.76. The molecule has 0 fully saturated rings. The van der Waals surface area contributed by atoms with Gasteiger partial charge in [-0.2, -0.15) is 5.10 Å². The van der Waals surface area contributed by atoms with E-state index in [1.54, 1.807) is 18.2 Å². The number of carbonyl (C=O) groups excluding carboxylic acids is 1. The Kier molecular flexibility index (Phi) is 3.83. The molecule has 0 saturated carbocycles. The number of aromatic nitrogens is 4. The summed E-state index contributed by atoms with van der Waals surface area (Å²) in [7, 11) is 1.92. The Labute approximate surface area is 144 Å². The molecule has 128 valence electrons. The molecular formula is C18H19N5O2. The number of amides is 1. The maximum atomic E-state index is 12.5. The lowest BCUT2D eigenvalue weighted by molar-refractivity contribution is -0.122. The molecule has 2 aromatic heterocycles. The second kappa shape index (κ2) is 6.16. The number of nitrogens with zero attached hydrogens (tertiary/aromatic N) is 4. The van der Waals surface area contributed by atoms with Crippen LogP contribution < -0.4 is 10.9 Å². The molecular weight excluding hydrogens is 318 g/mol. The average Bonchev–Trinajstić information content (AvgIpc) is 3.00. The van der Waals surface area contributed by atoms with Crippen LogP contribution in [0.5, 0.6) is 0 Å². The maximum Gasteiger partial charge on any atom is 0.261 e. The summed E-state index contributed by atoms with van der Waals surface area (Å²) < 4.78 is 3.22. The zero-order valence-electron chi connectivity index (χ0n) is 14.0. The second-order valence-corrected chi connectivity index (χ2v) is 6.38. The van der Waals surface area contributed by atoms with Crippen LogP contribution in [0, 0.1) is 0 Å². The molecule has 1 amide bonds. The number of para-hydroxylation sites is 1. The molecule has 3 aromatic rings. The maximum absolute atomic E-state index is 12.5. The fourth-order valence-electron chi connectivity index (χ4n) is 3.47. The minimum atomic E-state index is -0.202. The fraction of sp³-hybridized carbons (Fsp3) is 0.333. The molecule has 2 heterocycles. The van der Waals surface area contributed by atoms with Crippen LogP contribution in [-0.2, 0) is 24.8 Å². The first kappa shape index (κ1) is 15.6. The molecule has 0 saturated heterocycles. The van der Waals surface area contributed by atoms with Gasteiger partial charge in [-0.05, 0) is 31.4 Å². The van der Waals surface area contributed by atoms with Gasteiger partial charge in [-0.25, -0.2) is 4.98 Å². The summed E-state index contributed by atoms with van der Waals surface area (Å²) >= 11 is 0. The molecule has 1 aliphatic carbocycles. The molecule has 0 aliphatic heterocycles. The first-order chi connectivity index (χ1) is 12.1. The molecule has 4 rings (SSSR count). The van der Waals surface area contributed by atoms with Crippen LogP contribution in [0.3, 0.4) is 0 Å². The van der Waals surface area contributed by atoms with Crippen molar-refractivity contribution >= 4 is 16.8 Å². The lowest BCUT2D eigenvalue weighted by Crippen LogP contribution is -2.36. The van der Waals surface area contributed by atoms with Crippen molar-refractivity contribution < 1.29 is 4.79 Å². The van der Waals surface area contributed by atoms with Gasteiger partial charge in [-0.3, -0.25) is 18.8 Å². The predicted molar refractivity (Wildman–Crippen MR) is 93.0 cm³/mol. The number of carbonyl (C=O) groups is 1. The summed E-state index contributed by atoms with van der Waals surface area (Å²) in [5.41, 5.74) is 2.68. The standard InChI is InChI=1S/C18H19N5O2/c1-22-16-8-4-7-15(13(16)9-20-22)21-17(24)10-23-11-19-14-6-3-2-5-12(14)18(23)25/h2-3,5-6,9,11,15H,4,7-8,10H2,1H3,(H,21,24). The Morgan fingerprint density at radius 3 is 3.08 bits per heavy atom. The van der Waals surface area contributed by atoms with E-state index < -0.39 is 0 Å². The van der Waals surface area contributed by atoms with Crippen molar-refractivity contribution in [3.8, 4) is 0 Å². The van der Waals surface area contributed by atoms with Crippen molar-refractivity contribution in [2.45, 2.75) is 31.8 Å². The number of rotatable bonds is 3. The van der Waals surface area contributed by atoms with E-state index in [2.05, 4.69) is 15.4 Å². The number of aryl methyl sites for hydroxylation is 1. The van der Waals surface area contributed by atoms with Gasteiger partial charge in [0.2, 0.25) is 5.91 Å². The van der Waals surface area contributed by atoms with E-state index >= 15 is 0 Å². The number of hydrogen-bond acceptors (Lipinski definition) is 4. The van der Waals surface area contributed by atoms with Crippen LogP contribution in [0.15, 0.2) is 41.6 Å². The highest BCUT2D eigenvalue weighted by Gasteiger charge is 2.24. The van der Waals surface area contributed by atoms with Crippen LogP contribution in [0.4, 0.5) is 0 Å². The Morgan fingerprint density at radius 2 is 2.20 bits per heavy atom. The van der Waals surface area contributed by atoms with Gasteiger partial charge in [0.15, 0.2) is 0 Å². The first-order valence-electron chi connectivity index (χ1n) is 8.38. The van der Waals surface area contributed by atoms with Crippen molar-refractivity contribution in [3.63, 3.8) is 0 Å². The van der Waals surface area contributed by atoms with Gasteiger partial charge in [0.1, 0.15) is 6.54 Å². The molecule has 1 atom stereocenters.